The lowest BCUT2D eigenvalue weighted by molar-refractivity contribution is -0.134. The van der Waals surface area contributed by atoms with Crippen LogP contribution in [-0.2, 0) is 19.3 Å². The number of rotatable bonds is 5. The molecule has 118 valence electrons. The fourth-order valence-corrected chi connectivity index (χ4v) is 2.67. The number of benzene rings is 1. The van der Waals surface area contributed by atoms with E-state index in [2.05, 4.69) is 10.6 Å². The maximum absolute atomic E-state index is 12.5. The summed E-state index contributed by atoms with van der Waals surface area (Å²) in [4.78, 5) is 10.8. The third-order valence-electron chi connectivity index (χ3n) is 3.03. The molecule has 1 aromatic heterocycles. The monoisotopic (exact) mass is 328 g/mol. The molecule has 0 fully saturated rings. The fraction of sp³-hybridized carbons (Fsp3) is 0.267. The standard InChI is InChI=1S/C15H15F3N2OS/c1-19-14(21)12-4-2-10(3-5-12)7-20-8-11-6-13(22-9-11)15(16,17)18/h2-6,9,20H,7-8H2,1H3,(H,19,21). The maximum Gasteiger partial charge on any atom is 0.425 e. The number of halogens is 3. The van der Waals surface area contributed by atoms with Crippen LogP contribution in [0, 0.1) is 0 Å². The Balaban J connectivity index is 1.86. The molecule has 0 spiro atoms. The van der Waals surface area contributed by atoms with Gasteiger partial charge in [-0.1, -0.05) is 12.1 Å². The average Bonchev–Trinajstić information content (AvgIpc) is 2.96. The molecule has 0 atom stereocenters. The molecule has 0 aliphatic rings. The molecule has 0 saturated heterocycles. The van der Waals surface area contributed by atoms with Crippen LogP contribution in [-0.4, -0.2) is 13.0 Å². The predicted octanol–water partition coefficient (Wildman–Crippen LogP) is 3.42. The van der Waals surface area contributed by atoms with Crippen LogP contribution in [0.3, 0.4) is 0 Å². The molecule has 0 aliphatic carbocycles. The van der Waals surface area contributed by atoms with Gasteiger partial charge in [-0.15, -0.1) is 11.3 Å². The van der Waals surface area contributed by atoms with Crippen LogP contribution in [0.5, 0.6) is 0 Å². The van der Waals surface area contributed by atoms with E-state index < -0.39 is 11.1 Å². The molecule has 3 nitrogen and oxygen atoms in total. The largest absolute Gasteiger partial charge is 0.425 e. The van der Waals surface area contributed by atoms with Crippen molar-refractivity contribution in [2.45, 2.75) is 19.3 Å². The van der Waals surface area contributed by atoms with Gasteiger partial charge in [-0.3, -0.25) is 4.79 Å². The summed E-state index contributed by atoms with van der Waals surface area (Å²) < 4.78 is 37.4. The minimum absolute atomic E-state index is 0.155. The maximum atomic E-state index is 12.5. The summed E-state index contributed by atoms with van der Waals surface area (Å²) in [5.74, 6) is -0.155. The highest BCUT2D eigenvalue weighted by atomic mass is 32.1. The molecule has 0 unspecified atom stereocenters. The third kappa shape index (κ3) is 4.32. The zero-order valence-corrected chi connectivity index (χ0v) is 12.6. The lowest BCUT2D eigenvalue weighted by Crippen LogP contribution is -2.18. The first-order valence-corrected chi connectivity index (χ1v) is 7.44. The van der Waals surface area contributed by atoms with Crippen molar-refractivity contribution < 1.29 is 18.0 Å². The Kier molecular flexibility index (Phi) is 5.20. The van der Waals surface area contributed by atoms with Gasteiger partial charge in [0.05, 0.1) is 0 Å². The van der Waals surface area contributed by atoms with E-state index in [9.17, 15) is 18.0 Å². The second kappa shape index (κ2) is 6.93. The minimum atomic E-state index is -4.28. The smallest absolute Gasteiger partial charge is 0.355 e. The first kappa shape index (κ1) is 16.5. The lowest BCUT2D eigenvalue weighted by Gasteiger charge is -2.05. The van der Waals surface area contributed by atoms with Gasteiger partial charge in [-0.25, -0.2) is 0 Å². The van der Waals surface area contributed by atoms with E-state index in [1.807, 2.05) is 12.1 Å². The Bertz CT molecular complexity index is 635. The summed E-state index contributed by atoms with van der Waals surface area (Å²) >= 11 is 0.701. The van der Waals surface area contributed by atoms with Gasteiger partial charge in [0.25, 0.3) is 5.91 Å². The Hall–Kier alpha value is -1.86. The normalized spacial score (nSPS) is 11.5. The van der Waals surface area contributed by atoms with Gasteiger partial charge in [0.15, 0.2) is 0 Å². The molecule has 0 bridgehead atoms. The molecule has 0 radical (unpaired) electrons. The quantitative estimate of drug-likeness (QED) is 0.883. The number of amides is 1. The van der Waals surface area contributed by atoms with Crippen molar-refractivity contribution in [2.75, 3.05) is 7.05 Å². The minimum Gasteiger partial charge on any atom is -0.355 e. The number of carbonyl (C=O) groups is 1. The number of hydrogen-bond acceptors (Lipinski definition) is 3. The summed E-state index contributed by atoms with van der Waals surface area (Å²) in [6.07, 6.45) is -4.28. The summed E-state index contributed by atoms with van der Waals surface area (Å²) in [6.45, 7) is 0.884. The number of thiophene rings is 1. The Labute approximate surface area is 130 Å². The van der Waals surface area contributed by atoms with Crippen LogP contribution in [0.4, 0.5) is 13.2 Å². The van der Waals surface area contributed by atoms with Crippen molar-refractivity contribution in [1.29, 1.82) is 0 Å². The summed E-state index contributed by atoms with van der Waals surface area (Å²) in [5.41, 5.74) is 2.14. The third-order valence-corrected chi connectivity index (χ3v) is 4.06. The van der Waals surface area contributed by atoms with Gasteiger partial charge in [0.2, 0.25) is 0 Å². The summed E-state index contributed by atoms with van der Waals surface area (Å²) in [6, 6.07) is 8.20. The average molecular weight is 328 g/mol. The van der Waals surface area contributed by atoms with Crippen LogP contribution in [0.1, 0.15) is 26.4 Å². The van der Waals surface area contributed by atoms with Gasteiger partial charge in [0, 0.05) is 25.7 Å². The van der Waals surface area contributed by atoms with E-state index in [0.717, 1.165) is 11.6 Å². The summed E-state index contributed by atoms with van der Waals surface area (Å²) in [7, 11) is 1.56. The van der Waals surface area contributed by atoms with Gasteiger partial charge in [-0.05, 0) is 34.7 Å². The predicted molar refractivity (Wildman–Crippen MR) is 79.7 cm³/mol. The second-order valence-corrected chi connectivity index (χ2v) is 5.61. The van der Waals surface area contributed by atoms with Crippen LogP contribution in [0.25, 0.3) is 0 Å². The highest BCUT2D eigenvalue weighted by Gasteiger charge is 2.32. The number of hydrogen-bond donors (Lipinski definition) is 2. The topological polar surface area (TPSA) is 41.1 Å². The molecule has 2 aromatic rings. The molecule has 1 aromatic carbocycles. The zero-order valence-electron chi connectivity index (χ0n) is 11.8. The van der Waals surface area contributed by atoms with E-state index in [1.54, 1.807) is 19.2 Å². The van der Waals surface area contributed by atoms with E-state index in [4.69, 9.17) is 0 Å². The highest BCUT2D eigenvalue weighted by molar-refractivity contribution is 7.10. The second-order valence-electron chi connectivity index (χ2n) is 4.70. The molecule has 22 heavy (non-hydrogen) atoms. The molecular formula is C15H15F3N2OS. The van der Waals surface area contributed by atoms with Crippen molar-refractivity contribution in [1.82, 2.24) is 10.6 Å². The van der Waals surface area contributed by atoms with Crippen LogP contribution in [0.2, 0.25) is 0 Å². The summed E-state index contributed by atoms with van der Waals surface area (Å²) in [5, 5.41) is 7.12. The Morgan fingerprint density at radius 1 is 1.14 bits per heavy atom. The number of carbonyl (C=O) groups excluding carboxylic acids is 1. The van der Waals surface area contributed by atoms with Gasteiger partial charge in [-0.2, -0.15) is 13.2 Å². The molecule has 1 heterocycles. The van der Waals surface area contributed by atoms with Crippen LogP contribution in [0.15, 0.2) is 35.7 Å². The SMILES string of the molecule is CNC(=O)c1ccc(CNCc2csc(C(F)(F)F)c2)cc1. The molecule has 7 heteroatoms. The van der Waals surface area contributed by atoms with Crippen LogP contribution < -0.4 is 10.6 Å². The lowest BCUT2D eigenvalue weighted by atomic mass is 10.1. The van der Waals surface area contributed by atoms with E-state index >= 15 is 0 Å². The number of alkyl halides is 3. The van der Waals surface area contributed by atoms with Gasteiger partial charge >= 0.3 is 6.18 Å². The molecule has 0 aliphatic heterocycles. The molecule has 1 amide bonds. The Morgan fingerprint density at radius 2 is 1.77 bits per heavy atom. The van der Waals surface area contributed by atoms with E-state index in [0.29, 0.717) is 35.6 Å². The number of nitrogens with one attached hydrogen (secondary N) is 2. The zero-order chi connectivity index (χ0) is 16.2. The van der Waals surface area contributed by atoms with Crippen molar-refractivity contribution in [3.63, 3.8) is 0 Å². The van der Waals surface area contributed by atoms with E-state index in [-0.39, 0.29) is 5.91 Å². The van der Waals surface area contributed by atoms with Gasteiger partial charge in [0.1, 0.15) is 4.88 Å². The molecule has 2 N–H and O–H groups in total. The molecular weight excluding hydrogens is 313 g/mol. The van der Waals surface area contributed by atoms with E-state index in [1.165, 1.54) is 5.38 Å². The molecule has 2 rings (SSSR count). The highest BCUT2D eigenvalue weighted by Crippen LogP contribution is 2.33. The fourth-order valence-electron chi connectivity index (χ4n) is 1.89. The first-order valence-electron chi connectivity index (χ1n) is 6.56. The molecule has 0 saturated carbocycles. The van der Waals surface area contributed by atoms with Crippen molar-refractivity contribution in [3.8, 4) is 0 Å². The van der Waals surface area contributed by atoms with Crippen molar-refractivity contribution in [3.05, 3.63) is 57.3 Å². The van der Waals surface area contributed by atoms with Crippen molar-refractivity contribution in [2.24, 2.45) is 0 Å². The van der Waals surface area contributed by atoms with Crippen LogP contribution >= 0.6 is 11.3 Å². The van der Waals surface area contributed by atoms with Gasteiger partial charge < -0.3 is 10.6 Å². The van der Waals surface area contributed by atoms with Crippen molar-refractivity contribution >= 4 is 17.2 Å². The Morgan fingerprint density at radius 3 is 2.32 bits per heavy atom. The first-order chi connectivity index (χ1) is 10.4.